The van der Waals surface area contributed by atoms with Crippen molar-refractivity contribution >= 4 is 40.6 Å². The van der Waals surface area contributed by atoms with Crippen LogP contribution in [0.5, 0.6) is 17.2 Å². The molecule has 1 fully saturated rings. The highest BCUT2D eigenvalue weighted by Gasteiger charge is 2.36. The molecule has 0 atom stereocenters. The summed E-state index contributed by atoms with van der Waals surface area (Å²) in [6.45, 7) is 0.258. The molecule has 1 heterocycles. The van der Waals surface area contributed by atoms with E-state index in [9.17, 15) is 14.4 Å². The molecule has 3 aromatic rings. The van der Waals surface area contributed by atoms with Crippen LogP contribution in [0.4, 0.5) is 10.5 Å². The average Bonchev–Trinajstić information content (AvgIpc) is 3.15. The Morgan fingerprint density at radius 3 is 2.33 bits per heavy atom. The molecule has 0 radical (unpaired) electrons. The number of ether oxygens (including phenoxy) is 3. The maximum atomic E-state index is 12.9. The number of imide groups is 1. The van der Waals surface area contributed by atoms with E-state index in [0.29, 0.717) is 36.0 Å². The van der Waals surface area contributed by atoms with Gasteiger partial charge in [-0.1, -0.05) is 36.4 Å². The van der Waals surface area contributed by atoms with Gasteiger partial charge in [-0.25, -0.2) is 0 Å². The van der Waals surface area contributed by atoms with Crippen molar-refractivity contribution in [1.82, 2.24) is 4.90 Å². The Morgan fingerprint density at radius 1 is 0.889 bits per heavy atom. The van der Waals surface area contributed by atoms with Crippen LogP contribution in [0, 0.1) is 0 Å². The standard InChI is InChI=1S/C27H24N2O6S/c1-33-21-13-11-20(12-14-21)28-25(30)18-29-26(31)24(36-27(29)32)17-19-7-5-6-10-23(19)35-16-15-34-22-8-3-2-4-9-22/h2-14,17H,15-16,18H2,1H3,(H,28,30)/b24-17+. The predicted molar refractivity (Wildman–Crippen MR) is 138 cm³/mol. The van der Waals surface area contributed by atoms with Crippen LogP contribution in [0.2, 0.25) is 0 Å². The molecule has 1 aliphatic rings. The summed E-state index contributed by atoms with van der Waals surface area (Å²) in [5.41, 5.74) is 1.18. The number of amides is 3. The van der Waals surface area contributed by atoms with Crippen LogP contribution < -0.4 is 19.5 Å². The highest BCUT2D eigenvalue weighted by atomic mass is 32.2. The van der Waals surface area contributed by atoms with E-state index in [2.05, 4.69) is 5.32 Å². The predicted octanol–water partition coefficient (Wildman–Crippen LogP) is 4.83. The minimum atomic E-state index is -0.530. The Hall–Kier alpha value is -4.24. The topological polar surface area (TPSA) is 94.2 Å². The number of para-hydroxylation sites is 2. The second-order valence-corrected chi connectivity index (χ2v) is 8.59. The van der Waals surface area contributed by atoms with Gasteiger partial charge in [-0.2, -0.15) is 0 Å². The van der Waals surface area contributed by atoms with E-state index in [4.69, 9.17) is 14.2 Å². The molecule has 8 nitrogen and oxygen atoms in total. The van der Waals surface area contributed by atoms with Crippen molar-refractivity contribution < 1.29 is 28.6 Å². The first-order chi connectivity index (χ1) is 17.5. The Kier molecular flexibility index (Phi) is 8.25. The Bertz CT molecular complexity index is 1260. The van der Waals surface area contributed by atoms with Gasteiger partial charge in [-0.05, 0) is 60.3 Å². The van der Waals surface area contributed by atoms with Crippen molar-refractivity contribution in [2.75, 3.05) is 32.2 Å². The van der Waals surface area contributed by atoms with E-state index in [1.165, 1.54) is 0 Å². The maximum absolute atomic E-state index is 12.9. The van der Waals surface area contributed by atoms with Crippen LogP contribution in [0.25, 0.3) is 6.08 Å². The number of carbonyl (C=O) groups excluding carboxylic acids is 3. The van der Waals surface area contributed by atoms with E-state index < -0.39 is 17.1 Å². The van der Waals surface area contributed by atoms with Gasteiger partial charge in [0.15, 0.2) is 0 Å². The van der Waals surface area contributed by atoms with Crippen molar-refractivity contribution in [3.05, 3.63) is 89.3 Å². The normalized spacial score (nSPS) is 14.1. The minimum Gasteiger partial charge on any atom is -0.497 e. The molecule has 0 aliphatic carbocycles. The first kappa shape index (κ1) is 24.9. The molecule has 1 N–H and O–H groups in total. The summed E-state index contributed by atoms with van der Waals surface area (Å²) < 4.78 is 16.6. The lowest BCUT2D eigenvalue weighted by Gasteiger charge is -2.13. The number of benzene rings is 3. The molecule has 3 aromatic carbocycles. The summed E-state index contributed by atoms with van der Waals surface area (Å²) in [6.07, 6.45) is 1.60. The molecular weight excluding hydrogens is 480 g/mol. The Labute approximate surface area is 212 Å². The molecule has 36 heavy (non-hydrogen) atoms. The fraction of sp³-hybridized carbons (Fsp3) is 0.148. The van der Waals surface area contributed by atoms with Gasteiger partial charge in [0.25, 0.3) is 11.1 Å². The van der Waals surface area contributed by atoms with Crippen molar-refractivity contribution in [3.8, 4) is 17.2 Å². The Morgan fingerprint density at radius 2 is 1.58 bits per heavy atom. The molecule has 0 saturated carbocycles. The van der Waals surface area contributed by atoms with Gasteiger partial charge < -0.3 is 19.5 Å². The number of thioether (sulfide) groups is 1. The van der Waals surface area contributed by atoms with Crippen molar-refractivity contribution in [1.29, 1.82) is 0 Å². The van der Waals surface area contributed by atoms with Crippen molar-refractivity contribution in [3.63, 3.8) is 0 Å². The second-order valence-electron chi connectivity index (χ2n) is 7.59. The first-order valence-electron chi connectivity index (χ1n) is 11.1. The molecule has 1 saturated heterocycles. The fourth-order valence-electron chi connectivity index (χ4n) is 3.36. The van der Waals surface area contributed by atoms with Crippen LogP contribution in [-0.4, -0.2) is 48.8 Å². The summed E-state index contributed by atoms with van der Waals surface area (Å²) in [4.78, 5) is 38.9. The van der Waals surface area contributed by atoms with Gasteiger partial charge in [-0.15, -0.1) is 0 Å². The molecule has 0 spiro atoms. The monoisotopic (exact) mass is 504 g/mol. The molecule has 9 heteroatoms. The van der Waals surface area contributed by atoms with Crippen molar-refractivity contribution in [2.45, 2.75) is 0 Å². The fourth-order valence-corrected chi connectivity index (χ4v) is 4.18. The quantitative estimate of drug-likeness (QED) is 0.312. The van der Waals surface area contributed by atoms with Crippen LogP contribution in [0.15, 0.2) is 83.8 Å². The highest BCUT2D eigenvalue weighted by molar-refractivity contribution is 8.18. The SMILES string of the molecule is COc1ccc(NC(=O)CN2C(=O)S/C(=C/c3ccccc3OCCOc3ccccc3)C2=O)cc1. The Balaban J connectivity index is 1.36. The van der Waals surface area contributed by atoms with Gasteiger partial charge in [0.2, 0.25) is 5.91 Å². The zero-order chi connectivity index (χ0) is 25.3. The largest absolute Gasteiger partial charge is 0.497 e. The average molecular weight is 505 g/mol. The molecule has 0 aromatic heterocycles. The molecule has 184 valence electrons. The lowest BCUT2D eigenvalue weighted by atomic mass is 10.2. The second kappa shape index (κ2) is 11.9. The molecule has 4 rings (SSSR count). The number of hydrogen-bond acceptors (Lipinski definition) is 7. The number of rotatable bonds is 10. The number of methoxy groups -OCH3 is 1. The summed E-state index contributed by atoms with van der Waals surface area (Å²) in [5.74, 6) is 0.942. The number of nitrogens with zero attached hydrogens (tertiary/aromatic N) is 1. The molecule has 0 bridgehead atoms. The first-order valence-corrected chi connectivity index (χ1v) is 11.9. The highest BCUT2D eigenvalue weighted by Crippen LogP contribution is 2.34. The molecule has 0 unspecified atom stereocenters. The zero-order valence-corrected chi connectivity index (χ0v) is 20.3. The summed E-state index contributed by atoms with van der Waals surface area (Å²) in [7, 11) is 1.55. The van der Waals surface area contributed by atoms with Crippen LogP contribution in [0.3, 0.4) is 0 Å². The lowest BCUT2D eigenvalue weighted by molar-refractivity contribution is -0.127. The summed E-state index contributed by atoms with van der Waals surface area (Å²) in [6, 6.07) is 23.4. The third-order valence-electron chi connectivity index (χ3n) is 5.11. The van der Waals surface area contributed by atoms with E-state index in [0.717, 1.165) is 22.4 Å². The molecule has 3 amide bonds. The van der Waals surface area contributed by atoms with E-state index in [1.54, 1.807) is 49.6 Å². The molecule has 1 aliphatic heterocycles. The van der Waals surface area contributed by atoms with E-state index in [-0.39, 0.29) is 11.4 Å². The van der Waals surface area contributed by atoms with Gasteiger partial charge in [0, 0.05) is 11.3 Å². The van der Waals surface area contributed by atoms with Crippen molar-refractivity contribution in [2.24, 2.45) is 0 Å². The lowest BCUT2D eigenvalue weighted by Crippen LogP contribution is -2.36. The minimum absolute atomic E-state index is 0.217. The molecular formula is C27H24N2O6S. The van der Waals surface area contributed by atoms with Gasteiger partial charge in [-0.3, -0.25) is 19.3 Å². The van der Waals surface area contributed by atoms with Gasteiger partial charge >= 0.3 is 0 Å². The number of carbonyl (C=O) groups is 3. The van der Waals surface area contributed by atoms with Crippen LogP contribution in [-0.2, 0) is 9.59 Å². The van der Waals surface area contributed by atoms with Gasteiger partial charge in [0.1, 0.15) is 37.0 Å². The third kappa shape index (κ3) is 6.45. The van der Waals surface area contributed by atoms with E-state index >= 15 is 0 Å². The smallest absolute Gasteiger partial charge is 0.294 e. The maximum Gasteiger partial charge on any atom is 0.294 e. The number of hydrogen-bond donors (Lipinski definition) is 1. The van der Waals surface area contributed by atoms with Crippen LogP contribution in [0.1, 0.15) is 5.56 Å². The van der Waals surface area contributed by atoms with E-state index in [1.807, 2.05) is 42.5 Å². The summed E-state index contributed by atoms with van der Waals surface area (Å²) in [5, 5.41) is 2.17. The third-order valence-corrected chi connectivity index (χ3v) is 6.01. The van der Waals surface area contributed by atoms with Gasteiger partial charge in [0.05, 0.1) is 12.0 Å². The number of anilines is 1. The number of nitrogens with one attached hydrogen (secondary N) is 1. The summed E-state index contributed by atoms with van der Waals surface area (Å²) >= 11 is 0.786. The van der Waals surface area contributed by atoms with Crippen LogP contribution >= 0.6 is 11.8 Å². The zero-order valence-electron chi connectivity index (χ0n) is 19.5.